The molecule has 1 rings (SSSR count). The zero-order chi connectivity index (χ0) is 11.3. The normalized spacial score (nSPS) is 29.3. The fraction of sp³-hybridized carbons (Fsp3) is 0.846. The molecule has 88 valence electrons. The van der Waals surface area contributed by atoms with E-state index < -0.39 is 4.93 Å². The van der Waals surface area contributed by atoms with E-state index in [0.717, 1.165) is 24.0 Å². The molecular weight excluding hydrogens is 204 g/mol. The lowest BCUT2D eigenvalue weighted by Crippen LogP contribution is -2.17. The van der Waals surface area contributed by atoms with Gasteiger partial charge in [0.2, 0.25) is 0 Å². The minimum absolute atomic E-state index is 0.515. The monoisotopic (exact) mass is 228 g/mol. The first-order valence-electron chi connectivity index (χ1n) is 6.08. The molecule has 2 heteroatoms. The maximum Gasteiger partial charge on any atom is 0.107 e. The topological polar surface area (TPSA) is 20.2 Å². The van der Waals surface area contributed by atoms with Crippen LogP contribution in [-0.2, 0) is 0 Å². The molecule has 0 bridgehead atoms. The van der Waals surface area contributed by atoms with E-state index in [-0.39, 0.29) is 0 Å². The van der Waals surface area contributed by atoms with Crippen molar-refractivity contribution in [2.75, 3.05) is 5.75 Å². The first kappa shape index (κ1) is 13.1. The largest absolute Gasteiger partial charge is 0.380 e. The Bertz CT molecular complexity index is 211. The van der Waals surface area contributed by atoms with Gasteiger partial charge in [0.05, 0.1) is 0 Å². The maximum absolute atomic E-state index is 9.81. The van der Waals surface area contributed by atoms with Crippen LogP contribution in [0.4, 0.5) is 0 Å². The standard InChI is InChI=1S/C13H24OS/c1-4-13(3,14)15-9-5-6-12-8-7-11(2)10-12/h7-8,11-12,14H,4-6,9-10H2,1-3H3. The lowest BCUT2D eigenvalue weighted by atomic mass is 10.0. The third-order valence-electron chi connectivity index (χ3n) is 3.17. The van der Waals surface area contributed by atoms with Gasteiger partial charge < -0.3 is 5.11 Å². The minimum atomic E-state index is -0.515. The zero-order valence-corrected chi connectivity index (χ0v) is 11.0. The number of hydrogen-bond donors (Lipinski definition) is 1. The van der Waals surface area contributed by atoms with E-state index in [4.69, 9.17) is 0 Å². The quantitative estimate of drug-likeness (QED) is 0.423. The molecule has 0 amide bonds. The van der Waals surface area contributed by atoms with E-state index in [1.54, 1.807) is 11.8 Å². The summed E-state index contributed by atoms with van der Waals surface area (Å²) < 4.78 is 0. The van der Waals surface area contributed by atoms with Crippen LogP contribution in [0.1, 0.15) is 46.5 Å². The minimum Gasteiger partial charge on any atom is -0.380 e. The van der Waals surface area contributed by atoms with E-state index in [1.807, 2.05) is 13.8 Å². The fourth-order valence-corrected chi connectivity index (χ4v) is 2.89. The van der Waals surface area contributed by atoms with Gasteiger partial charge >= 0.3 is 0 Å². The van der Waals surface area contributed by atoms with Gasteiger partial charge in [-0.15, -0.1) is 11.8 Å². The van der Waals surface area contributed by atoms with E-state index in [2.05, 4.69) is 19.1 Å². The molecule has 0 spiro atoms. The van der Waals surface area contributed by atoms with Crippen molar-refractivity contribution in [3.8, 4) is 0 Å². The zero-order valence-electron chi connectivity index (χ0n) is 10.2. The highest BCUT2D eigenvalue weighted by atomic mass is 32.2. The van der Waals surface area contributed by atoms with Gasteiger partial charge in [-0.25, -0.2) is 0 Å². The van der Waals surface area contributed by atoms with Crippen molar-refractivity contribution in [2.45, 2.75) is 51.4 Å². The molecule has 0 fully saturated rings. The number of rotatable bonds is 6. The lowest BCUT2D eigenvalue weighted by Gasteiger charge is -2.20. The summed E-state index contributed by atoms with van der Waals surface area (Å²) >= 11 is 1.69. The summed E-state index contributed by atoms with van der Waals surface area (Å²) in [5.41, 5.74) is 0. The molecule has 15 heavy (non-hydrogen) atoms. The Morgan fingerprint density at radius 3 is 2.73 bits per heavy atom. The molecule has 0 saturated carbocycles. The van der Waals surface area contributed by atoms with Gasteiger partial charge in [0.15, 0.2) is 0 Å². The van der Waals surface area contributed by atoms with Crippen molar-refractivity contribution >= 4 is 11.8 Å². The third-order valence-corrected chi connectivity index (χ3v) is 4.58. The molecule has 0 aromatic rings. The molecule has 0 saturated heterocycles. The second-order valence-corrected chi connectivity index (χ2v) is 6.45. The average Bonchev–Trinajstić information content (AvgIpc) is 2.59. The highest BCUT2D eigenvalue weighted by molar-refractivity contribution is 8.00. The van der Waals surface area contributed by atoms with Crippen LogP contribution in [0.3, 0.4) is 0 Å². The van der Waals surface area contributed by atoms with Crippen LogP contribution in [0.2, 0.25) is 0 Å². The first-order valence-corrected chi connectivity index (χ1v) is 7.06. The van der Waals surface area contributed by atoms with Crippen molar-refractivity contribution < 1.29 is 5.11 Å². The van der Waals surface area contributed by atoms with E-state index >= 15 is 0 Å². The van der Waals surface area contributed by atoms with Crippen LogP contribution in [0.5, 0.6) is 0 Å². The van der Waals surface area contributed by atoms with Crippen LogP contribution in [0, 0.1) is 11.8 Å². The van der Waals surface area contributed by atoms with E-state index in [1.165, 1.54) is 19.3 Å². The van der Waals surface area contributed by atoms with Crippen LogP contribution >= 0.6 is 11.8 Å². The number of allylic oxidation sites excluding steroid dienone is 2. The predicted octanol–water partition coefficient (Wildman–Crippen LogP) is 3.83. The molecule has 3 unspecified atom stereocenters. The number of aliphatic hydroxyl groups is 1. The molecule has 1 N–H and O–H groups in total. The van der Waals surface area contributed by atoms with Gasteiger partial charge in [0.25, 0.3) is 0 Å². The van der Waals surface area contributed by atoms with Gasteiger partial charge in [-0.1, -0.05) is 26.0 Å². The molecule has 3 atom stereocenters. The van der Waals surface area contributed by atoms with Gasteiger partial charge in [0.1, 0.15) is 4.93 Å². The molecule has 0 heterocycles. The van der Waals surface area contributed by atoms with Crippen molar-refractivity contribution in [1.29, 1.82) is 0 Å². The van der Waals surface area contributed by atoms with Crippen molar-refractivity contribution in [3.63, 3.8) is 0 Å². The Labute approximate surface area is 98.3 Å². The molecule has 0 aliphatic heterocycles. The second-order valence-electron chi connectivity index (χ2n) is 4.88. The van der Waals surface area contributed by atoms with Crippen LogP contribution in [0.15, 0.2) is 12.2 Å². The number of thioether (sulfide) groups is 1. The average molecular weight is 228 g/mol. The Kier molecular flexibility index (Phi) is 5.20. The van der Waals surface area contributed by atoms with Crippen LogP contribution < -0.4 is 0 Å². The van der Waals surface area contributed by atoms with Crippen molar-refractivity contribution in [2.24, 2.45) is 11.8 Å². The van der Waals surface area contributed by atoms with Crippen LogP contribution in [-0.4, -0.2) is 15.8 Å². The Morgan fingerprint density at radius 2 is 2.20 bits per heavy atom. The first-order chi connectivity index (χ1) is 7.03. The summed E-state index contributed by atoms with van der Waals surface area (Å²) in [6.07, 6.45) is 9.37. The predicted molar refractivity (Wildman–Crippen MR) is 69.0 cm³/mol. The van der Waals surface area contributed by atoms with Gasteiger partial charge in [-0.3, -0.25) is 0 Å². The summed E-state index contributed by atoms with van der Waals surface area (Å²) in [5.74, 6) is 2.66. The fourth-order valence-electron chi connectivity index (χ4n) is 1.94. The smallest absolute Gasteiger partial charge is 0.107 e. The SMILES string of the molecule is CCC(C)(O)SCCCC1C=CC(C)C1. The Hall–Kier alpha value is 0.0500. The summed E-state index contributed by atoms with van der Waals surface area (Å²) in [5, 5.41) is 9.81. The maximum atomic E-state index is 9.81. The molecule has 1 nitrogen and oxygen atoms in total. The highest BCUT2D eigenvalue weighted by Crippen LogP contribution is 2.30. The molecular formula is C13H24OS. The van der Waals surface area contributed by atoms with Gasteiger partial charge in [-0.2, -0.15) is 0 Å². The molecule has 1 aliphatic carbocycles. The van der Waals surface area contributed by atoms with Gasteiger partial charge in [-0.05, 0) is 50.2 Å². The van der Waals surface area contributed by atoms with E-state index in [0.29, 0.717) is 0 Å². The van der Waals surface area contributed by atoms with Crippen molar-refractivity contribution in [1.82, 2.24) is 0 Å². The lowest BCUT2D eigenvalue weighted by molar-refractivity contribution is 0.153. The summed E-state index contributed by atoms with van der Waals surface area (Å²) in [7, 11) is 0. The molecule has 0 radical (unpaired) electrons. The third kappa shape index (κ3) is 5.07. The van der Waals surface area contributed by atoms with Crippen LogP contribution in [0.25, 0.3) is 0 Å². The van der Waals surface area contributed by atoms with Crippen molar-refractivity contribution in [3.05, 3.63) is 12.2 Å². The molecule has 0 aromatic carbocycles. The Morgan fingerprint density at radius 1 is 1.47 bits per heavy atom. The molecule has 1 aliphatic rings. The Balaban J connectivity index is 2.05. The summed E-state index contributed by atoms with van der Waals surface area (Å²) in [4.78, 5) is -0.515. The number of hydrogen-bond acceptors (Lipinski definition) is 2. The highest BCUT2D eigenvalue weighted by Gasteiger charge is 2.18. The van der Waals surface area contributed by atoms with Gasteiger partial charge in [0, 0.05) is 0 Å². The van der Waals surface area contributed by atoms with E-state index in [9.17, 15) is 5.11 Å². The second kappa shape index (κ2) is 5.95. The summed E-state index contributed by atoms with van der Waals surface area (Å²) in [6.45, 7) is 6.23. The molecule has 0 aromatic heterocycles. The summed E-state index contributed by atoms with van der Waals surface area (Å²) in [6, 6.07) is 0.